The zero-order valence-electron chi connectivity index (χ0n) is 7.85. The molecule has 0 radical (unpaired) electrons. The maximum Gasteiger partial charge on any atom is 0.0394 e. The van der Waals surface area contributed by atoms with Crippen molar-refractivity contribution in [2.45, 2.75) is 33.2 Å². The second kappa shape index (κ2) is 5.92. The lowest BCUT2D eigenvalue weighted by Crippen LogP contribution is -2.28. The molecule has 0 aromatic carbocycles. The Balaban J connectivity index is 3.26. The minimum absolute atomic E-state index is 0.203. The van der Waals surface area contributed by atoms with Crippen molar-refractivity contribution in [3.8, 4) is 0 Å². The molecular weight excluding hydrogens is 138 g/mol. The summed E-state index contributed by atoms with van der Waals surface area (Å²) in [6.45, 7) is 11.6. The van der Waals surface area contributed by atoms with Gasteiger partial charge in [0, 0.05) is 9.52 Å². The van der Waals surface area contributed by atoms with Crippen LogP contribution in [0.25, 0.3) is 0 Å². The van der Waals surface area contributed by atoms with Gasteiger partial charge in [-0.1, -0.05) is 33.2 Å². The second-order valence-electron chi connectivity index (χ2n) is 3.21. The van der Waals surface area contributed by atoms with Crippen LogP contribution in [-0.4, -0.2) is 33.7 Å². The summed E-state index contributed by atoms with van der Waals surface area (Å²) in [4.78, 5) is 2.53. The first-order valence-electron chi connectivity index (χ1n) is 4.43. The number of nitrogens with zero attached hydrogens (tertiary/aromatic N) is 1. The lowest BCUT2D eigenvalue weighted by molar-refractivity contribution is 0.351. The normalized spacial score (nSPS) is 12.6. The van der Waals surface area contributed by atoms with Crippen LogP contribution >= 0.6 is 0 Å². The van der Waals surface area contributed by atoms with E-state index in [1.165, 1.54) is 19.3 Å². The van der Waals surface area contributed by atoms with Crippen LogP contribution in [0.5, 0.6) is 0 Å². The van der Waals surface area contributed by atoms with E-state index < -0.39 is 0 Å². The molecule has 0 spiro atoms. The lowest BCUT2D eigenvalue weighted by Gasteiger charge is -2.18. The van der Waals surface area contributed by atoms with E-state index in [1.807, 2.05) is 0 Å². The van der Waals surface area contributed by atoms with Gasteiger partial charge in [0.05, 0.1) is 0 Å². The van der Waals surface area contributed by atoms with E-state index in [0.717, 1.165) is 5.54 Å². The van der Waals surface area contributed by atoms with Crippen LogP contribution in [0, 0.1) is 0 Å². The minimum atomic E-state index is 0.203. The predicted molar refractivity (Wildman–Crippen MR) is 51.4 cm³/mol. The van der Waals surface area contributed by atoms with Crippen LogP contribution in [0.4, 0.5) is 0 Å². The van der Waals surface area contributed by atoms with Gasteiger partial charge in [0.15, 0.2) is 0 Å². The summed E-state index contributed by atoms with van der Waals surface area (Å²) >= 11 is 0. The van der Waals surface area contributed by atoms with E-state index in [0.29, 0.717) is 0 Å². The van der Waals surface area contributed by atoms with Crippen molar-refractivity contribution in [1.82, 2.24) is 4.90 Å². The molecular formula is C8H21NSi. The summed E-state index contributed by atoms with van der Waals surface area (Å²) in [5.74, 6) is 0. The van der Waals surface area contributed by atoms with Crippen molar-refractivity contribution in [3.05, 3.63) is 0 Å². The molecule has 0 saturated heterocycles. The topological polar surface area (TPSA) is 3.24 Å². The first-order valence-corrected chi connectivity index (χ1v) is 6.24. The Kier molecular flexibility index (Phi) is 6.03. The first-order chi connectivity index (χ1) is 4.70. The van der Waals surface area contributed by atoms with E-state index in [9.17, 15) is 0 Å². The van der Waals surface area contributed by atoms with Crippen LogP contribution in [-0.2, 0) is 0 Å². The average molecular weight is 159 g/mol. The predicted octanol–water partition coefficient (Wildman–Crippen LogP) is 1.28. The fraction of sp³-hybridized carbons (Fsp3) is 1.00. The molecule has 0 bridgehead atoms. The summed E-state index contributed by atoms with van der Waals surface area (Å²) in [6.07, 6.45) is 1.41. The molecule has 0 unspecified atom stereocenters. The van der Waals surface area contributed by atoms with E-state index in [4.69, 9.17) is 0 Å². The third kappa shape index (κ3) is 5.00. The van der Waals surface area contributed by atoms with Crippen molar-refractivity contribution < 1.29 is 0 Å². The molecule has 0 atom stereocenters. The Bertz CT molecular complexity index is 69.7. The standard InChI is InChI=1S/C8H21NSi/c1-5-9(6-2)7-10-8(3)4/h8H,5-7,10H2,1-4H3. The van der Waals surface area contributed by atoms with Gasteiger partial charge in [-0.2, -0.15) is 0 Å². The molecule has 0 aromatic heterocycles. The molecule has 0 aliphatic heterocycles. The Morgan fingerprint density at radius 3 is 2.00 bits per heavy atom. The Labute approximate surface area is 67.6 Å². The summed E-state index contributed by atoms with van der Waals surface area (Å²) in [6, 6.07) is 0. The van der Waals surface area contributed by atoms with E-state index >= 15 is 0 Å². The van der Waals surface area contributed by atoms with Gasteiger partial charge in [0.2, 0.25) is 0 Å². The molecule has 0 amide bonds. The molecule has 0 saturated carbocycles. The highest BCUT2D eigenvalue weighted by molar-refractivity contribution is 6.37. The van der Waals surface area contributed by atoms with Gasteiger partial charge >= 0.3 is 0 Å². The average Bonchev–Trinajstić information content (AvgIpc) is 1.90. The molecule has 0 aliphatic rings. The summed E-state index contributed by atoms with van der Waals surface area (Å²) in [5, 5.41) is 0. The third-order valence-electron chi connectivity index (χ3n) is 1.92. The van der Waals surface area contributed by atoms with E-state index in [1.54, 1.807) is 0 Å². The SMILES string of the molecule is CCN(CC)C[SiH2]C(C)C. The van der Waals surface area contributed by atoms with Crippen molar-refractivity contribution in [3.63, 3.8) is 0 Å². The van der Waals surface area contributed by atoms with Gasteiger partial charge in [0.25, 0.3) is 0 Å². The first kappa shape index (κ1) is 10.2. The van der Waals surface area contributed by atoms with Gasteiger partial charge in [-0.15, -0.1) is 0 Å². The fourth-order valence-corrected chi connectivity index (χ4v) is 2.49. The molecule has 0 N–H and O–H groups in total. The maximum atomic E-state index is 2.53. The van der Waals surface area contributed by atoms with Crippen LogP contribution in [0.3, 0.4) is 0 Å². The molecule has 0 rings (SSSR count). The molecule has 62 valence electrons. The van der Waals surface area contributed by atoms with E-state index in [-0.39, 0.29) is 9.52 Å². The van der Waals surface area contributed by atoms with Gasteiger partial charge in [-0.3, -0.25) is 0 Å². The van der Waals surface area contributed by atoms with Gasteiger partial charge in [0.1, 0.15) is 0 Å². The molecule has 1 nitrogen and oxygen atoms in total. The minimum Gasteiger partial charge on any atom is -0.307 e. The van der Waals surface area contributed by atoms with Crippen LogP contribution in [0.1, 0.15) is 27.7 Å². The van der Waals surface area contributed by atoms with Gasteiger partial charge in [-0.05, 0) is 19.3 Å². The Hall–Kier alpha value is 0.177. The smallest absolute Gasteiger partial charge is 0.0394 e. The Morgan fingerprint density at radius 2 is 1.70 bits per heavy atom. The summed E-state index contributed by atoms with van der Waals surface area (Å²) in [7, 11) is 0.203. The number of rotatable bonds is 5. The Morgan fingerprint density at radius 1 is 1.20 bits per heavy atom. The largest absolute Gasteiger partial charge is 0.307 e. The van der Waals surface area contributed by atoms with Crippen molar-refractivity contribution >= 4 is 9.52 Å². The number of hydrogen-bond donors (Lipinski definition) is 0. The van der Waals surface area contributed by atoms with Crippen molar-refractivity contribution in [1.29, 1.82) is 0 Å². The monoisotopic (exact) mass is 159 g/mol. The lowest BCUT2D eigenvalue weighted by atomic mass is 10.6. The maximum absolute atomic E-state index is 2.53. The van der Waals surface area contributed by atoms with Crippen LogP contribution < -0.4 is 0 Å². The number of hydrogen-bond acceptors (Lipinski definition) is 1. The quantitative estimate of drug-likeness (QED) is 0.546. The highest BCUT2D eigenvalue weighted by atomic mass is 28.2. The molecule has 10 heavy (non-hydrogen) atoms. The highest BCUT2D eigenvalue weighted by Gasteiger charge is 2.00. The molecule has 2 heteroatoms. The molecule has 0 heterocycles. The zero-order chi connectivity index (χ0) is 7.98. The molecule has 0 fully saturated rings. The highest BCUT2D eigenvalue weighted by Crippen LogP contribution is 1.97. The summed E-state index contributed by atoms with van der Waals surface area (Å²) in [5.41, 5.74) is 0.987. The fourth-order valence-electron chi connectivity index (χ4n) is 0.981. The zero-order valence-corrected chi connectivity index (χ0v) is 9.27. The summed E-state index contributed by atoms with van der Waals surface area (Å²) < 4.78 is 0. The van der Waals surface area contributed by atoms with Crippen molar-refractivity contribution in [2.75, 3.05) is 19.3 Å². The van der Waals surface area contributed by atoms with Gasteiger partial charge in [-0.25, -0.2) is 0 Å². The van der Waals surface area contributed by atoms with Crippen molar-refractivity contribution in [2.24, 2.45) is 0 Å². The van der Waals surface area contributed by atoms with Gasteiger partial charge < -0.3 is 4.90 Å². The van der Waals surface area contributed by atoms with E-state index in [2.05, 4.69) is 32.6 Å². The third-order valence-corrected chi connectivity index (χ3v) is 3.96. The van der Waals surface area contributed by atoms with Crippen LogP contribution in [0.2, 0.25) is 5.54 Å². The molecule has 0 aliphatic carbocycles. The van der Waals surface area contributed by atoms with Crippen LogP contribution in [0.15, 0.2) is 0 Å². The second-order valence-corrected chi connectivity index (χ2v) is 5.87. The molecule has 0 aromatic rings.